The molecule has 1 atom stereocenters. The molecule has 3 N–H and O–H groups in total. The van der Waals surface area contributed by atoms with Crippen LogP contribution in [0.25, 0.3) is 0 Å². The van der Waals surface area contributed by atoms with E-state index in [1.165, 1.54) is 19.3 Å². The summed E-state index contributed by atoms with van der Waals surface area (Å²) in [5, 5.41) is 11.9. The molecule has 1 aromatic rings. The highest BCUT2D eigenvalue weighted by molar-refractivity contribution is 6.02. The lowest BCUT2D eigenvalue weighted by Gasteiger charge is -2.36. The smallest absolute Gasteiger partial charge is 0.172 e. The van der Waals surface area contributed by atoms with Crippen molar-refractivity contribution in [1.82, 2.24) is 4.98 Å². The van der Waals surface area contributed by atoms with Gasteiger partial charge >= 0.3 is 0 Å². The van der Waals surface area contributed by atoms with Crippen LogP contribution in [0.1, 0.15) is 31.7 Å². The second-order valence-electron chi connectivity index (χ2n) is 4.42. The Balaban J connectivity index is 2.37. The van der Waals surface area contributed by atoms with Gasteiger partial charge in [-0.1, -0.05) is 5.16 Å². The van der Waals surface area contributed by atoms with Crippen LogP contribution in [0.4, 0.5) is 5.69 Å². The normalized spacial score (nSPS) is 21.6. The van der Waals surface area contributed by atoms with E-state index in [4.69, 9.17) is 10.9 Å². The monoisotopic (exact) mass is 234 g/mol. The quantitative estimate of drug-likeness (QED) is 0.352. The van der Waals surface area contributed by atoms with Gasteiger partial charge in [-0.15, -0.1) is 0 Å². The van der Waals surface area contributed by atoms with Gasteiger partial charge in [0.1, 0.15) is 0 Å². The third-order valence-corrected chi connectivity index (χ3v) is 3.30. The van der Waals surface area contributed by atoms with Crippen molar-refractivity contribution in [3.05, 3.63) is 24.0 Å². The third kappa shape index (κ3) is 2.33. The van der Waals surface area contributed by atoms with Gasteiger partial charge in [-0.25, -0.2) is 0 Å². The Hall–Kier alpha value is -1.78. The van der Waals surface area contributed by atoms with Crippen molar-refractivity contribution < 1.29 is 5.21 Å². The minimum atomic E-state index is 0.139. The second-order valence-corrected chi connectivity index (χ2v) is 4.42. The predicted molar refractivity (Wildman–Crippen MR) is 67.4 cm³/mol. The first-order valence-corrected chi connectivity index (χ1v) is 5.92. The molecular weight excluding hydrogens is 216 g/mol. The van der Waals surface area contributed by atoms with Crippen LogP contribution in [0.5, 0.6) is 0 Å². The molecule has 1 aliphatic heterocycles. The molecule has 0 bridgehead atoms. The van der Waals surface area contributed by atoms with Gasteiger partial charge in [0.25, 0.3) is 0 Å². The van der Waals surface area contributed by atoms with Gasteiger partial charge in [-0.3, -0.25) is 4.98 Å². The van der Waals surface area contributed by atoms with Gasteiger partial charge in [-0.05, 0) is 32.3 Å². The Bertz CT molecular complexity index is 419. The zero-order valence-corrected chi connectivity index (χ0v) is 10.0. The number of anilines is 1. The van der Waals surface area contributed by atoms with Crippen molar-refractivity contribution in [2.24, 2.45) is 10.9 Å². The molecule has 0 aromatic carbocycles. The molecule has 2 rings (SSSR count). The highest BCUT2D eigenvalue weighted by atomic mass is 16.4. The number of nitrogens with two attached hydrogens (primary N) is 1. The van der Waals surface area contributed by atoms with E-state index < -0.39 is 0 Å². The van der Waals surface area contributed by atoms with Crippen LogP contribution in [0.15, 0.2) is 23.6 Å². The number of pyridine rings is 1. The average Bonchev–Trinajstić information content (AvgIpc) is 2.38. The summed E-state index contributed by atoms with van der Waals surface area (Å²) in [4.78, 5) is 6.42. The molecule has 2 heterocycles. The summed E-state index contributed by atoms with van der Waals surface area (Å²) in [5.41, 5.74) is 7.39. The summed E-state index contributed by atoms with van der Waals surface area (Å²) >= 11 is 0. The first-order chi connectivity index (χ1) is 8.24. The highest BCUT2D eigenvalue weighted by Gasteiger charge is 2.22. The summed E-state index contributed by atoms with van der Waals surface area (Å²) in [6, 6.07) is 2.25. The summed E-state index contributed by atoms with van der Waals surface area (Å²) in [6.07, 6.45) is 7.05. The average molecular weight is 234 g/mol. The maximum atomic E-state index is 8.80. The SMILES string of the molecule is CC1CCCCN1c1cnccc1/C(N)=N/O. The molecule has 1 saturated heterocycles. The number of hydrogen-bond donors (Lipinski definition) is 2. The molecule has 0 radical (unpaired) electrons. The zero-order chi connectivity index (χ0) is 12.3. The van der Waals surface area contributed by atoms with Crippen molar-refractivity contribution in [2.45, 2.75) is 32.2 Å². The molecule has 0 aliphatic carbocycles. The van der Waals surface area contributed by atoms with Gasteiger partial charge in [0.15, 0.2) is 5.84 Å². The Morgan fingerprint density at radius 3 is 3.12 bits per heavy atom. The van der Waals surface area contributed by atoms with E-state index in [0.717, 1.165) is 17.8 Å². The van der Waals surface area contributed by atoms with Crippen LogP contribution < -0.4 is 10.6 Å². The van der Waals surface area contributed by atoms with Crippen molar-refractivity contribution in [3.63, 3.8) is 0 Å². The number of rotatable bonds is 2. The molecule has 0 amide bonds. The molecule has 1 aromatic heterocycles. The molecule has 0 saturated carbocycles. The number of nitrogens with zero attached hydrogens (tertiary/aromatic N) is 3. The van der Waals surface area contributed by atoms with Crippen LogP contribution >= 0.6 is 0 Å². The predicted octanol–water partition coefficient (Wildman–Crippen LogP) is 1.55. The van der Waals surface area contributed by atoms with Crippen LogP contribution in [0, 0.1) is 0 Å². The first-order valence-electron chi connectivity index (χ1n) is 5.92. The lowest BCUT2D eigenvalue weighted by atomic mass is 10.0. The molecule has 1 aliphatic rings. The van der Waals surface area contributed by atoms with Crippen LogP contribution in [0.2, 0.25) is 0 Å². The Labute approximate surface area is 101 Å². The largest absolute Gasteiger partial charge is 0.409 e. The number of aromatic nitrogens is 1. The molecule has 5 nitrogen and oxygen atoms in total. The Morgan fingerprint density at radius 2 is 2.41 bits per heavy atom. The molecular formula is C12H18N4O. The second kappa shape index (κ2) is 5.03. The lowest BCUT2D eigenvalue weighted by molar-refractivity contribution is 0.318. The summed E-state index contributed by atoms with van der Waals surface area (Å²) in [6.45, 7) is 3.20. The van der Waals surface area contributed by atoms with E-state index in [0.29, 0.717) is 6.04 Å². The highest BCUT2D eigenvalue weighted by Crippen LogP contribution is 2.26. The van der Waals surface area contributed by atoms with E-state index in [9.17, 15) is 0 Å². The maximum absolute atomic E-state index is 8.80. The van der Waals surface area contributed by atoms with Gasteiger partial charge < -0.3 is 15.8 Å². The van der Waals surface area contributed by atoms with E-state index in [1.807, 2.05) is 0 Å². The molecule has 1 fully saturated rings. The van der Waals surface area contributed by atoms with Crippen LogP contribution in [-0.2, 0) is 0 Å². The topological polar surface area (TPSA) is 74.7 Å². The Kier molecular flexibility index (Phi) is 3.46. The molecule has 92 valence electrons. The minimum absolute atomic E-state index is 0.139. The number of hydrogen-bond acceptors (Lipinski definition) is 4. The Morgan fingerprint density at radius 1 is 1.59 bits per heavy atom. The van der Waals surface area contributed by atoms with Crippen molar-refractivity contribution in [2.75, 3.05) is 11.4 Å². The number of amidine groups is 1. The molecule has 5 heteroatoms. The summed E-state index contributed by atoms with van der Waals surface area (Å²) in [7, 11) is 0. The van der Waals surface area contributed by atoms with Crippen molar-refractivity contribution in [1.29, 1.82) is 0 Å². The molecule has 1 unspecified atom stereocenters. The minimum Gasteiger partial charge on any atom is -0.409 e. The standard InChI is InChI=1S/C12H18N4O/c1-9-4-2-3-7-16(9)11-8-14-6-5-10(11)12(13)15-17/h5-6,8-9,17H,2-4,7H2,1H3,(H2,13,15). The summed E-state index contributed by atoms with van der Waals surface area (Å²) in [5.74, 6) is 0.139. The van der Waals surface area contributed by atoms with Crippen molar-refractivity contribution in [3.8, 4) is 0 Å². The van der Waals surface area contributed by atoms with Crippen LogP contribution in [0.3, 0.4) is 0 Å². The van der Waals surface area contributed by atoms with Gasteiger partial charge in [0, 0.05) is 24.3 Å². The van der Waals surface area contributed by atoms with Gasteiger partial charge in [-0.2, -0.15) is 0 Å². The third-order valence-electron chi connectivity index (χ3n) is 3.30. The molecule has 0 spiro atoms. The van der Waals surface area contributed by atoms with E-state index in [-0.39, 0.29) is 5.84 Å². The van der Waals surface area contributed by atoms with Crippen LogP contribution in [-0.4, -0.2) is 28.6 Å². The zero-order valence-electron chi connectivity index (χ0n) is 10.0. The first kappa shape index (κ1) is 11.7. The number of piperidine rings is 1. The fourth-order valence-corrected chi connectivity index (χ4v) is 2.34. The van der Waals surface area contributed by atoms with E-state index in [1.54, 1.807) is 18.5 Å². The van der Waals surface area contributed by atoms with Crippen molar-refractivity contribution >= 4 is 11.5 Å². The molecule has 17 heavy (non-hydrogen) atoms. The fraction of sp³-hybridized carbons (Fsp3) is 0.500. The van der Waals surface area contributed by atoms with Gasteiger partial charge in [0.05, 0.1) is 11.9 Å². The maximum Gasteiger partial charge on any atom is 0.172 e. The van der Waals surface area contributed by atoms with E-state index >= 15 is 0 Å². The fourth-order valence-electron chi connectivity index (χ4n) is 2.34. The summed E-state index contributed by atoms with van der Waals surface area (Å²) < 4.78 is 0. The number of oxime groups is 1. The van der Waals surface area contributed by atoms with E-state index in [2.05, 4.69) is 22.0 Å². The van der Waals surface area contributed by atoms with Gasteiger partial charge in [0.2, 0.25) is 0 Å². The lowest BCUT2D eigenvalue weighted by Crippen LogP contribution is -2.38.